The van der Waals surface area contributed by atoms with E-state index in [1.807, 2.05) is 24.3 Å². The first-order valence-electron chi connectivity index (χ1n) is 10.6. The Hall–Kier alpha value is -4.39. The van der Waals surface area contributed by atoms with E-state index in [0.29, 0.717) is 35.3 Å². The number of allylic oxidation sites excluding steroid dienone is 2. The van der Waals surface area contributed by atoms with Crippen molar-refractivity contribution >= 4 is 12.2 Å². The highest BCUT2D eigenvalue weighted by atomic mass is 19.1. The third kappa shape index (κ3) is 6.32. The Bertz CT molecular complexity index is 1230. The molecule has 6 nitrogen and oxygen atoms in total. The molecule has 3 aromatic carbocycles. The monoisotopic (exact) mass is 458 g/mol. The van der Waals surface area contributed by atoms with Crippen molar-refractivity contribution in [2.75, 3.05) is 0 Å². The van der Waals surface area contributed by atoms with Gasteiger partial charge in [-0.1, -0.05) is 30.4 Å². The number of hydrogen-bond donors (Lipinski definition) is 3. The number of ether oxygens (including phenoxy) is 1. The topological polar surface area (TPSA) is 106 Å². The van der Waals surface area contributed by atoms with Gasteiger partial charge in [0.2, 0.25) is 5.96 Å². The molecular weight excluding hydrogens is 431 g/mol. The summed E-state index contributed by atoms with van der Waals surface area (Å²) in [6.07, 6.45) is 6.19. The summed E-state index contributed by atoms with van der Waals surface area (Å²) in [7, 11) is 0. The normalized spacial score (nSPS) is 10.7. The van der Waals surface area contributed by atoms with Crippen molar-refractivity contribution in [2.45, 2.75) is 19.4 Å². The molecule has 3 aromatic rings. The molecule has 0 fully saturated rings. The maximum absolute atomic E-state index is 13.3. The van der Waals surface area contributed by atoms with Crippen LogP contribution in [-0.2, 0) is 19.4 Å². The number of hydrogen-bond acceptors (Lipinski definition) is 4. The van der Waals surface area contributed by atoms with Crippen molar-refractivity contribution in [2.24, 2.45) is 21.7 Å². The number of phenolic OH excluding ortho intramolecular Hbond substituents is 1. The quantitative estimate of drug-likeness (QED) is 0.175. The summed E-state index contributed by atoms with van der Waals surface area (Å²) in [5.74, 6) is 0.0731. The molecule has 174 valence electrons. The van der Waals surface area contributed by atoms with Gasteiger partial charge in [-0.3, -0.25) is 0 Å². The Labute approximate surface area is 198 Å². The largest absolute Gasteiger partial charge is 0.507 e. The van der Waals surface area contributed by atoms with E-state index in [4.69, 9.17) is 16.2 Å². The zero-order valence-corrected chi connectivity index (χ0v) is 18.7. The molecule has 7 heteroatoms. The molecule has 0 aliphatic carbocycles. The van der Waals surface area contributed by atoms with E-state index in [0.717, 1.165) is 16.7 Å². The lowest BCUT2D eigenvalue weighted by Gasteiger charge is -2.16. The third-order valence-electron chi connectivity index (χ3n) is 4.97. The molecule has 5 N–H and O–H groups in total. The van der Waals surface area contributed by atoms with Crippen LogP contribution in [0.4, 0.5) is 4.39 Å². The zero-order chi connectivity index (χ0) is 24.5. The van der Waals surface area contributed by atoms with Gasteiger partial charge in [0, 0.05) is 16.7 Å². The van der Waals surface area contributed by atoms with E-state index in [2.05, 4.69) is 23.4 Å². The fourth-order valence-corrected chi connectivity index (χ4v) is 3.41. The van der Waals surface area contributed by atoms with Crippen LogP contribution >= 0.6 is 0 Å². The molecule has 34 heavy (non-hydrogen) atoms. The van der Waals surface area contributed by atoms with Crippen molar-refractivity contribution in [1.29, 1.82) is 0 Å². The summed E-state index contributed by atoms with van der Waals surface area (Å²) in [6, 6.07) is 15.5. The van der Waals surface area contributed by atoms with Crippen LogP contribution < -0.4 is 16.2 Å². The second-order valence-electron chi connectivity index (χ2n) is 7.58. The number of halogens is 1. The molecule has 0 radical (unpaired) electrons. The highest BCUT2D eigenvalue weighted by Gasteiger charge is 2.16. The lowest BCUT2D eigenvalue weighted by atomic mass is 9.94. The molecule has 0 bridgehead atoms. The number of aromatic hydroxyl groups is 1. The van der Waals surface area contributed by atoms with Gasteiger partial charge in [-0.2, -0.15) is 5.10 Å². The molecule has 0 saturated heterocycles. The van der Waals surface area contributed by atoms with Gasteiger partial charge in [0.05, 0.1) is 6.21 Å². The standard InChI is InChI=1S/C27H27FN4O2/c1-3-5-18-9-12-25(34-17-19-7-10-22(28)11-8-19)23(14-18)24-15-20(6-4-2)13-21(26(24)33)16-31-32-27(29)30/h3-4,7-16,33H,1-2,5-6,17H2,(H4,29,30,32)/b31-16+. The molecular formula is C27H27FN4O2. The molecule has 0 aliphatic rings. The van der Waals surface area contributed by atoms with Crippen molar-refractivity contribution < 1.29 is 14.2 Å². The SMILES string of the molecule is C=CCc1ccc(OCc2ccc(F)cc2)c(-c2cc(CC=C)cc(/C=N/N=C(N)N)c2O)c1. The van der Waals surface area contributed by atoms with E-state index >= 15 is 0 Å². The van der Waals surface area contributed by atoms with E-state index in [9.17, 15) is 9.50 Å². The number of nitrogens with zero attached hydrogens (tertiary/aromatic N) is 2. The highest BCUT2D eigenvalue weighted by molar-refractivity contribution is 5.90. The zero-order valence-electron chi connectivity index (χ0n) is 18.7. The van der Waals surface area contributed by atoms with Crippen LogP contribution in [0, 0.1) is 5.82 Å². The third-order valence-corrected chi connectivity index (χ3v) is 4.97. The number of nitrogens with two attached hydrogens (primary N) is 2. The first kappa shape index (κ1) is 24.3. The lowest BCUT2D eigenvalue weighted by Crippen LogP contribution is -2.21. The van der Waals surface area contributed by atoms with Crippen LogP contribution in [0.15, 0.2) is 90.1 Å². The molecule has 0 aromatic heterocycles. The fourth-order valence-electron chi connectivity index (χ4n) is 3.41. The van der Waals surface area contributed by atoms with Gasteiger partial charge in [0.1, 0.15) is 23.9 Å². The van der Waals surface area contributed by atoms with Gasteiger partial charge in [0.25, 0.3) is 0 Å². The van der Waals surface area contributed by atoms with Gasteiger partial charge in [0.15, 0.2) is 0 Å². The fraction of sp³-hybridized carbons (Fsp3) is 0.111. The highest BCUT2D eigenvalue weighted by Crippen LogP contribution is 2.39. The van der Waals surface area contributed by atoms with Gasteiger partial charge in [-0.25, -0.2) is 4.39 Å². The molecule has 0 heterocycles. The van der Waals surface area contributed by atoms with Crippen LogP contribution in [0.3, 0.4) is 0 Å². The smallest absolute Gasteiger partial charge is 0.211 e. The maximum Gasteiger partial charge on any atom is 0.211 e. The predicted molar refractivity (Wildman–Crippen MR) is 135 cm³/mol. The molecule has 0 unspecified atom stereocenters. The first-order chi connectivity index (χ1) is 16.4. The Morgan fingerprint density at radius 2 is 1.56 bits per heavy atom. The van der Waals surface area contributed by atoms with Crippen molar-refractivity contribution in [3.63, 3.8) is 0 Å². The minimum Gasteiger partial charge on any atom is -0.507 e. The minimum atomic E-state index is -0.308. The van der Waals surface area contributed by atoms with E-state index in [1.165, 1.54) is 18.3 Å². The Morgan fingerprint density at radius 1 is 0.912 bits per heavy atom. The predicted octanol–water partition coefficient (Wildman–Crippen LogP) is 4.84. The van der Waals surface area contributed by atoms with Gasteiger partial charge in [-0.05, 0) is 65.9 Å². The van der Waals surface area contributed by atoms with Crippen molar-refractivity contribution in [3.8, 4) is 22.6 Å². The Balaban J connectivity index is 2.09. The molecule has 3 rings (SSSR count). The van der Waals surface area contributed by atoms with E-state index in [-0.39, 0.29) is 24.1 Å². The second-order valence-corrected chi connectivity index (χ2v) is 7.58. The number of benzene rings is 3. The van der Waals surface area contributed by atoms with Crippen LogP contribution in [0.25, 0.3) is 11.1 Å². The average Bonchev–Trinajstić information content (AvgIpc) is 2.81. The number of rotatable bonds is 10. The summed E-state index contributed by atoms with van der Waals surface area (Å²) in [6.45, 7) is 7.85. The van der Waals surface area contributed by atoms with Crippen LogP contribution in [-0.4, -0.2) is 17.3 Å². The molecule has 0 saturated carbocycles. The van der Waals surface area contributed by atoms with Gasteiger partial charge in [-0.15, -0.1) is 18.3 Å². The minimum absolute atomic E-state index is 0.00439. The summed E-state index contributed by atoms with van der Waals surface area (Å²) in [5, 5.41) is 18.6. The van der Waals surface area contributed by atoms with Gasteiger partial charge < -0.3 is 21.3 Å². The van der Waals surface area contributed by atoms with Crippen LogP contribution in [0.2, 0.25) is 0 Å². The number of guanidine groups is 1. The summed E-state index contributed by atoms with van der Waals surface area (Å²) in [4.78, 5) is 0. The summed E-state index contributed by atoms with van der Waals surface area (Å²) >= 11 is 0. The molecule has 0 atom stereocenters. The Morgan fingerprint density at radius 3 is 2.24 bits per heavy atom. The average molecular weight is 459 g/mol. The maximum atomic E-state index is 13.3. The van der Waals surface area contributed by atoms with Crippen LogP contribution in [0.5, 0.6) is 11.5 Å². The second kappa shape index (κ2) is 11.5. The van der Waals surface area contributed by atoms with E-state index in [1.54, 1.807) is 30.4 Å². The van der Waals surface area contributed by atoms with Crippen molar-refractivity contribution in [3.05, 3.63) is 108 Å². The molecule has 0 spiro atoms. The lowest BCUT2D eigenvalue weighted by molar-refractivity contribution is 0.307. The summed E-state index contributed by atoms with van der Waals surface area (Å²) < 4.78 is 19.3. The molecule has 0 aliphatic heterocycles. The van der Waals surface area contributed by atoms with Gasteiger partial charge >= 0.3 is 0 Å². The molecule has 0 amide bonds. The van der Waals surface area contributed by atoms with E-state index < -0.39 is 0 Å². The summed E-state index contributed by atoms with van der Waals surface area (Å²) in [5.41, 5.74) is 15.1. The van der Waals surface area contributed by atoms with Crippen molar-refractivity contribution in [1.82, 2.24) is 0 Å². The van der Waals surface area contributed by atoms with Crippen LogP contribution in [0.1, 0.15) is 22.3 Å². The number of phenols is 1. The Kier molecular flexibility index (Phi) is 8.18. The first-order valence-corrected chi connectivity index (χ1v) is 10.6.